The quantitative estimate of drug-likeness (QED) is 0.867. The van der Waals surface area contributed by atoms with Gasteiger partial charge in [0, 0.05) is 28.9 Å². The second-order valence-corrected chi connectivity index (χ2v) is 7.34. The summed E-state index contributed by atoms with van der Waals surface area (Å²) < 4.78 is 21.8. The molecule has 2 heterocycles. The summed E-state index contributed by atoms with van der Waals surface area (Å²) in [6.45, 7) is 6.26. The minimum Gasteiger partial charge on any atom is -0.440 e. The lowest BCUT2D eigenvalue weighted by Gasteiger charge is -2.28. The zero-order valence-corrected chi connectivity index (χ0v) is 16.0. The van der Waals surface area contributed by atoms with E-state index in [1.807, 2.05) is 19.9 Å². The van der Waals surface area contributed by atoms with Crippen molar-refractivity contribution in [3.63, 3.8) is 0 Å². The molecule has 7 heteroatoms. The largest absolute Gasteiger partial charge is 0.440 e. The van der Waals surface area contributed by atoms with Gasteiger partial charge in [-0.3, -0.25) is 4.79 Å². The molecular weight excluding hydrogens is 369 g/mol. The van der Waals surface area contributed by atoms with Crippen molar-refractivity contribution in [3.8, 4) is 11.8 Å². The molecule has 0 radical (unpaired) electrons. The topological polar surface area (TPSA) is 81.0 Å². The predicted octanol–water partition coefficient (Wildman–Crippen LogP) is 3.82. The van der Waals surface area contributed by atoms with Crippen LogP contribution >= 0.6 is 11.6 Å². The van der Waals surface area contributed by atoms with Gasteiger partial charge in [-0.25, -0.2) is 4.39 Å². The Hall–Kier alpha value is -2.78. The monoisotopic (exact) mass is 387 g/mol. The van der Waals surface area contributed by atoms with E-state index in [-0.39, 0.29) is 44.8 Å². The minimum absolute atomic E-state index is 0.0356. The molecule has 0 spiro atoms. The van der Waals surface area contributed by atoms with Gasteiger partial charge < -0.3 is 15.0 Å². The summed E-state index contributed by atoms with van der Waals surface area (Å²) in [5, 5.41) is 9.73. The summed E-state index contributed by atoms with van der Waals surface area (Å²) in [7, 11) is 0. The average molecular weight is 388 g/mol. The van der Waals surface area contributed by atoms with Crippen LogP contribution in [0.5, 0.6) is 5.75 Å². The molecule has 0 saturated heterocycles. The molecule has 0 saturated carbocycles. The molecule has 0 amide bonds. The standard InChI is InChI=1S/C20H19ClFN3O2/c1-10(2)9-25-11(3)7-15-18(20(25)26)16(12(8-23)19(24)27-15)17-13(21)5-4-6-14(17)22/h4-7,10,16H,9,24H2,1-3H3/t16-/m0/s1. The Kier molecular flexibility index (Phi) is 4.99. The molecule has 1 atom stereocenters. The van der Waals surface area contributed by atoms with Crippen molar-refractivity contribution in [2.75, 3.05) is 0 Å². The SMILES string of the molecule is Cc1cc2c(c(=O)n1CC(C)C)[C@H](c1c(F)cccc1Cl)C(C#N)=C(N)O2. The Morgan fingerprint density at radius 2 is 2.11 bits per heavy atom. The second kappa shape index (κ2) is 7.09. The van der Waals surface area contributed by atoms with Crippen LogP contribution in [0.3, 0.4) is 0 Å². The molecule has 0 aliphatic carbocycles. The van der Waals surface area contributed by atoms with E-state index >= 15 is 0 Å². The lowest BCUT2D eigenvalue weighted by Crippen LogP contribution is -2.34. The number of pyridine rings is 1. The number of hydrogen-bond acceptors (Lipinski definition) is 4. The van der Waals surface area contributed by atoms with E-state index in [1.54, 1.807) is 17.6 Å². The molecular formula is C20H19ClFN3O2. The van der Waals surface area contributed by atoms with Gasteiger partial charge in [-0.05, 0) is 25.0 Å². The number of nitrogens with two attached hydrogens (primary N) is 1. The predicted molar refractivity (Wildman–Crippen MR) is 101 cm³/mol. The van der Waals surface area contributed by atoms with Crippen molar-refractivity contribution in [2.45, 2.75) is 33.2 Å². The molecule has 2 aromatic rings. The number of allylic oxidation sites excluding steroid dienone is 1. The van der Waals surface area contributed by atoms with Gasteiger partial charge >= 0.3 is 0 Å². The third kappa shape index (κ3) is 3.19. The number of aryl methyl sites for hydroxylation is 1. The highest BCUT2D eigenvalue weighted by atomic mass is 35.5. The number of halogens is 2. The summed E-state index contributed by atoms with van der Waals surface area (Å²) in [6.07, 6.45) is 0. The maximum absolute atomic E-state index is 14.7. The molecule has 1 aliphatic rings. The number of benzene rings is 1. The van der Waals surface area contributed by atoms with Gasteiger partial charge in [-0.15, -0.1) is 0 Å². The number of fused-ring (bicyclic) bond motifs is 1. The number of rotatable bonds is 3. The number of ether oxygens (including phenoxy) is 1. The van der Waals surface area contributed by atoms with Crippen LogP contribution in [0.15, 0.2) is 40.5 Å². The Bertz CT molecular complexity index is 1030. The molecule has 1 aromatic carbocycles. The first kappa shape index (κ1) is 19.0. The first-order valence-corrected chi connectivity index (χ1v) is 8.89. The van der Waals surface area contributed by atoms with Gasteiger partial charge in [0.2, 0.25) is 5.88 Å². The number of nitrogens with zero attached hydrogens (tertiary/aromatic N) is 2. The highest BCUT2D eigenvalue weighted by Gasteiger charge is 2.37. The molecule has 1 aliphatic heterocycles. The molecule has 27 heavy (non-hydrogen) atoms. The molecule has 2 N–H and O–H groups in total. The van der Waals surface area contributed by atoms with Gasteiger partial charge in [0.1, 0.15) is 23.2 Å². The fourth-order valence-electron chi connectivity index (χ4n) is 3.35. The molecule has 3 rings (SSSR count). The first-order valence-electron chi connectivity index (χ1n) is 8.52. The lowest BCUT2D eigenvalue weighted by molar-refractivity contribution is 0.384. The third-order valence-corrected chi connectivity index (χ3v) is 4.86. The number of aromatic nitrogens is 1. The maximum atomic E-state index is 14.7. The van der Waals surface area contributed by atoms with E-state index < -0.39 is 11.7 Å². The van der Waals surface area contributed by atoms with E-state index in [4.69, 9.17) is 22.1 Å². The van der Waals surface area contributed by atoms with Crippen molar-refractivity contribution >= 4 is 11.6 Å². The molecule has 5 nitrogen and oxygen atoms in total. The fourth-order valence-corrected chi connectivity index (χ4v) is 3.63. The number of nitriles is 1. The van der Waals surface area contributed by atoms with Crippen molar-refractivity contribution < 1.29 is 9.13 Å². The van der Waals surface area contributed by atoms with E-state index in [0.29, 0.717) is 12.2 Å². The summed E-state index contributed by atoms with van der Waals surface area (Å²) in [5.41, 5.74) is 6.43. The molecule has 0 unspecified atom stereocenters. The molecule has 140 valence electrons. The van der Waals surface area contributed by atoms with Crippen LogP contribution in [0.1, 0.15) is 36.6 Å². The van der Waals surface area contributed by atoms with Gasteiger partial charge in [-0.2, -0.15) is 5.26 Å². The third-order valence-electron chi connectivity index (χ3n) is 4.53. The zero-order valence-electron chi connectivity index (χ0n) is 15.2. The van der Waals surface area contributed by atoms with Gasteiger partial charge in [-0.1, -0.05) is 31.5 Å². The highest BCUT2D eigenvalue weighted by Crippen LogP contribution is 2.43. The molecule has 0 bridgehead atoms. The maximum Gasteiger partial charge on any atom is 0.258 e. The normalized spacial score (nSPS) is 16.1. The summed E-state index contributed by atoms with van der Waals surface area (Å²) in [5.74, 6) is -1.36. The second-order valence-electron chi connectivity index (χ2n) is 6.93. The zero-order chi connectivity index (χ0) is 19.9. The fraction of sp³-hybridized carbons (Fsp3) is 0.300. The summed E-state index contributed by atoms with van der Waals surface area (Å²) >= 11 is 6.24. The first-order chi connectivity index (χ1) is 12.8. The molecule has 1 aromatic heterocycles. The lowest BCUT2D eigenvalue weighted by atomic mass is 9.83. The van der Waals surface area contributed by atoms with Crippen molar-refractivity contribution in [1.82, 2.24) is 4.57 Å². The highest BCUT2D eigenvalue weighted by molar-refractivity contribution is 6.31. The van der Waals surface area contributed by atoms with Gasteiger partial charge in [0.25, 0.3) is 5.56 Å². The Morgan fingerprint density at radius 3 is 2.70 bits per heavy atom. The van der Waals surface area contributed by atoms with Crippen LogP contribution in [-0.2, 0) is 6.54 Å². The Balaban J connectivity index is 2.38. The van der Waals surface area contributed by atoms with Crippen LogP contribution in [0.2, 0.25) is 5.02 Å². The van der Waals surface area contributed by atoms with Crippen LogP contribution < -0.4 is 16.0 Å². The number of hydrogen-bond donors (Lipinski definition) is 1. The van der Waals surface area contributed by atoms with Crippen molar-refractivity contribution in [3.05, 3.63) is 73.7 Å². The van der Waals surface area contributed by atoms with Crippen LogP contribution in [0.25, 0.3) is 0 Å². The van der Waals surface area contributed by atoms with Crippen molar-refractivity contribution in [2.24, 2.45) is 11.7 Å². The van der Waals surface area contributed by atoms with Crippen molar-refractivity contribution in [1.29, 1.82) is 5.26 Å². The average Bonchev–Trinajstić information content (AvgIpc) is 2.58. The van der Waals surface area contributed by atoms with E-state index in [0.717, 1.165) is 0 Å². The van der Waals surface area contributed by atoms with Crippen LogP contribution in [-0.4, -0.2) is 4.57 Å². The van der Waals surface area contributed by atoms with Crippen LogP contribution in [0.4, 0.5) is 4.39 Å². The van der Waals surface area contributed by atoms with Gasteiger partial charge in [0.15, 0.2) is 0 Å². The molecule has 0 fully saturated rings. The van der Waals surface area contributed by atoms with Gasteiger partial charge in [0.05, 0.1) is 11.5 Å². The summed E-state index contributed by atoms with van der Waals surface area (Å²) in [4.78, 5) is 13.3. The Labute approximate surface area is 161 Å². The van der Waals surface area contributed by atoms with E-state index in [2.05, 4.69) is 0 Å². The smallest absolute Gasteiger partial charge is 0.258 e. The van der Waals surface area contributed by atoms with E-state index in [1.165, 1.54) is 18.2 Å². The van der Waals surface area contributed by atoms with Crippen LogP contribution in [0, 0.1) is 30.0 Å². The minimum atomic E-state index is -1.03. The Morgan fingerprint density at radius 1 is 1.41 bits per heavy atom. The summed E-state index contributed by atoms with van der Waals surface area (Å²) in [6, 6.07) is 7.86. The van der Waals surface area contributed by atoms with E-state index in [9.17, 15) is 14.4 Å².